The average molecular weight is 402 g/mol. The van der Waals surface area contributed by atoms with Crippen molar-refractivity contribution in [1.82, 2.24) is 9.80 Å². The fourth-order valence-electron chi connectivity index (χ4n) is 4.01. The molecule has 0 aliphatic carbocycles. The molecule has 0 aromatic heterocycles. The minimum absolute atomic E-state index is 0.00893. The summed E-state index contributed by atoms with van der Waals surface area (Å²) in [4.78, 5) is 34.2. The molecule has 2 aliphatic heterocycles. The standard InChI is InChI=1S/C25H27N3O2/c29-24(14-13-20-9-3-1-4-10-20)27-16-7-8-17-28-23(15-18-27)26-22(19-25(28)30)21-11-5-2-6-12-21/h1-6,9-14,22H,7-8,15-19H2/b14-13+/t22-/m0/s1. The van der Waals surface area contributed by atoms with Crippen LogP contribution in [0.5, 0.6) is 0 Å². The molecule has 1 atom stereocenters. The van der Waals surface area contributed by atoms with Crippen LogP contribution in [0.1, 0.15) is 42.9 Å². The van der Waals surface area contributed by atoms with Gasteiger partial charge < -0.3 is 9.80 Å². The maximum absolute atomic E-state index is 12.8. The first-order valence-electron chi connectivity index (χ1n) is 10.6. The second kappa shape index (κ2) is 9.53. The second-order valence-corrected chi connectivity index (χ2v) is 7.75. The molecule has 0 N–H and O–H groups in total. The minimum atomic E-state index is -0.132. The number of carbonyl (C=O) groups is 2. The van der Waals surface area contributed by atoms with Gasteiger partial charge in [-0.2, -0.15) is 0 Å². The van der Waals surface area contributed by atoms with Crippen LogP contribution in [0, 0.1) is 0 Å². The number of fused-ring (bicyclic) bond motifs is 1. The van der Waals surface area contributed by atoms with Gasteiger partial charge >= 0.3 is 0 Å². The van der Waals surface area contributed by atoms with Crippen molar-refractivity contribution in [2.45, 2.75) is 31.7 Å². The van der Waals surface area contributed by atoms with E-state index in [0.29, 0.717) is 32.5 Å². The maximum Gasteiger partial charge on any atom is 0.246 e. The lowest BCUT2D eigenvalue weighted by Crippen LogP contribution is -2.42. The topological polar surface area (TPSA) is 53.0 Å². The van der Waals surface area contributed by atoms with Crippen LogP contribution in [0.3, 0.4) is 0 Å². The SMILES string of the molecule is O=C(/C=C/c1ccccc1)N1CCCCN2C(=O)C[C@@H](c3ccccc3)N=C2CC1. The van der Waals surface area contributed by atoms with Crippen molar-refractivity contribution in [2.75, 3.05) is 19.6 Å². The van der Waals surface area contributed by atoms with E-state index in [4.69, 9.17) is 4.99 Å². The Kier molecular flexibility index (Phi) is 6.38. The number of benzene rings is 2. The first kappa shape index (κ1) is 20.1. The Hall–Kier alpha value is -3.21. The molecule has 2 aromatic rings. The van der Waals surface area contributed by atoms with E-state index in [1.807, 2.05) is 76.5 Å². The van der Waals surface area contributed by atoms with Crippen LogP contribution < -0.4 is 0 Å². The fourth-order valence-corrected chi connectivity index (χ4v) is 4.01. The Labute approximate surface area is 177 Å². The fraction of sp³-hybridized carbons (Fsp3) is 0.320. The number of carbonyl (C=O) groups excluding carboxylic acids is 2. The number of amides is 2. The highest BCUT2D eigenvalue weighted by molar-refractivity contribution is 6.01. The Morgan fingerprint density at radius 1 is 0.933 bits per heavy atom. The van der Waals surface area contributed by atoms with Gasteiger partial charge in [0.05, 0.1) is 12.5 Å². The van der Waals surface area contributed by atoms with Gasteiger partial charge in [-0.15, -0.1) is 0 Å². The zero-order chi connectivity index (χ0) is 20.8. The van der Waals surface area contributed by atoms with Crippen LogP contribution in [0.4, 0.5) is 0 Å². The van der Waals surface area contributed by atoms with E-state index in [0.717, 1.165) is 29.8 Å². The lowest BCUT2D eigenvalue weighted by molar-refractivity contribution is -0.128. The Morgan fingerprint density at radius 2 is 1.63 bits per heavy atom. The summed E-state index contributed by atoms with van der Waals surface area (Å²) in [5.74, 6) is 0.957. The van der Waals surface area contributed by atoms with Crippen molar-refractivity contribution in [3.8, 4) is 0 Å². The van der Waals surface area contributed by atoms with Crippen LogP contribution in [0.2, 0.25) is 0 Å². The van der Waals surface area contributed by atoms with Gasteiger partial charge in [-0.3, -0.25) is 14.6 Å². The van der Waals surface area contributed by atoms with Crippen molar-refractivity contribution in [3.63, 3.8) is 0 Å². The molecular weight excluding hydrogens is 374 g/mol. The molecule has 2 aromatic carbocycles. The molecule has 0 radical (unpaired) electrons. The first-order valence-corrected chi connectivity index (χ1v) is 10.6. The number of hydrogen-bond donors (Lipinski definition) is 0. The summed E-state index contributed by atoms with van der Waals surface area (Å²) in [5, 5.41) is 0. The van der Waals surface area contributed by atoms with E-state index in [2.05, 4.69) is 0 Å². The molecule has 5 heteroatoms. The third kappa shape index (κ3) is 4.85. The summed E-state index contributed by atoms with van der Waals surface area (Å²) in [6.07, 6.45) is 6.26. The molecule has 2 heterocycles. The maximum atomic E-state index is 12.8. The monoisotopic (exact) mass is 401 g/mol. The molecule has 1 saturated heterocycles. The summed E-state index contributed by atoms with van der Waals surface area (Å²) < 4.78 is 0. The third-order valence-corrected chi connectivity index (χ3v) is 5.66. The van der Waals surface area contributed by atoms with Gasteiger partial charge in [-0.05, 0) is 30.0 Å². The van der Waals surface area contributed by atoms with E-state index in [9.17, 15) is 9.59 Å². The highest BCUT2D eigenvalue weighted by atomic mass is 16.2. The lowest BCUT2D eigenvalue weighted by atomic mass is 10.0. The average Bonchev–Trinajstić information content (AvgIpc) is 2.89. The number of hydrogen-bond acceptors (Lipinski definition) is 3. The Morgan fingerprint density at radius 3 is 2.40 bits per heavy atom. The van der Waals surface area contributed by atoms with Crippen molar-refractivity contribution in [1.29, 1.82) is 0 Å². The van der Waals surface area contributed by atoms with Gasteiger partial charge in [0.2, 0.25) is 11.8 Å². The van der Waals surface area contributed by atoms with E-state index in [-0.39, 0.29) is 17.9 Å². The Bertz CT molecular complexity index is 937. The smallest absolute Gasteiger partial charge is 0.246 e. The van der Waals surface area contributed by atoms with Crippen LogP contribution in [0.25, 0.3) is 6.08 Å². The summed E-state index contributed by atoms with van der Waals surface area (Å²) in [6.45, 7) is 1.96. The summed E-state index contributed by atoms with van der Waals surface area (Å²) in [5.41, 5.74) is 2.07. The van der Waals surface area contributed by atoms with Crippen molar-refractivity contribution in [3.05, 3.63) is 77.9 Å². The number of nitrogens with zero attached hydrogens (tertiary/aromatic N) is 3. The van der Waals surface area contributed by atoms with Gasteiger partial charge in [-0.1, -0.05) is 60.7 Å². The van der Waals surface area contributed by atoms with Crippen LogP contribution in [-0.4, -0.2) is 47.1 Å². The summed E-state index contributed by atoms with van der Waals surface area (Å²) >= 11 is 0. The van der Waals surface area contributed by atoms with Crippen LogP contribution in [-0.2, 0) is 9.59 Å². The van der Waals surface area contributed by atoms with Gasteiger partial charge in [0, 0.05) is 32.1 Å². The second-order valence-electron chi connectivity index (χ2n) is 7.75. The van der Waals surface area contributed by atoms with Crippen LogP contribution >= 0.6 is 0 Å². The van der Waals surface area contributed by atoms with E-state index < -0.39 is 0 Å². The molecule has 5 nitrogen and oxygen atoms in total. The van der Waals surface area contributed by atoms with Gasteiger partial charge in [-0.25, -0.2) is 0 Å². The largest absolute Gasteiger partial charge is 0.339 e. The number of aliphatic imine (C=N–C) groups is 1. The third-order valence-electron chi connectivity index (χ3n) is 5.66. The van der Waals surface area contributed by atoms with Crippen LogP contribution in [0.15, 0.2) is 71.7 Å². The van der Waals surface area contributed by atoms with Crippen molar-refractivity contribution in [2.24, 2.45) is 4.99 Å². The predicted octanol–water partition coefficient (Wildman–Crippen LogP) is 4.08. The number of rotatable bonds is 3. The van der Waals surface area contributed by atoms with Crippen molar-refractivity contribution < 1.29 is 9.59 Å². The molecule has 0 saturated carbocycles. The molecule has 0 unspecified atom stereocenters. The number of amidine groups is 1. The van der Waals surface area contributed by atoms with Gasteiger partial charge in [0.25, 0.3) is 0 Å². The normalized spacial score (nSPS) is 20.2. The molecule has 4 rings (SSSR count). The first-order chi connectivity index (χ1) is 14.7. The quantitative estimate of drug-likeness (QED) is 0.728. The molecule has 0 spiro atoms. The highest BCUT2D eigenvalue weighted by Gasteiger charge is 2.30. The van der Waals surface area contributed by atoms with E-state index in [1.54, 1.807) is 6.08 Å². The zero-order valence-electron chi connectivity index (χ0n) is 17.1. The Balaban J connectivity index is 1.49. The van der Waals surface area contributed by atoms with Gasteiger partial charge in [0.1, 0.15) is 5.84 Å². The molecular formula is C25H27N3O2. The van der Waals surface area contributed by atoms with E-state index >= 15 is 0 Å². The lowest BCUT2D eigenvalue weighted by Gasteiger charge is -2.31. The molecule has 1 fully saturated rings. The zero-order valence-corrected chi connectivity index (χ0v) is 17.1. The van der Waals surface area contributed by atoms with Gasteiger partial charge in [0.15, 0.2) is 0 Å². The van der Waals surface area contributed by atoms with E-state index in [1.165, 1.54) is 0 Å². The molecule has 30 heavy (non-hydrogen) atoms. The summed E-state index contributed by atoms with van der Waals surface area (Å²) in [7, 11) is 0. The molecule has 154 valence electrons. The predicted molar refractivity (Wildman–Crippen MR) is 119 cm³/mol. The minimum Gasteiger partial charge on any atom is -0.339 e. The molecule has 2 amide bonds. The summed E-state index contributed by atoms with van der Waals surface area (Å²) in [6, 6.07) is 19.7. The highest BCUT2D eigenvalue weighted by Crippen LogP contribution is 2.28. The van der Waals surface area contributed by atoms with Crippen molar-refractivity contribution >= 4 is 23.7 Å². The molecule has 2 aliphatic rings. The molecule has 0 bridgehead atoms.